The van der Waals surface area contributed by atoms with Crippen LogP contribution >= 0.6 is 23.2 Å². The molecule has 112 valence electrons. The van der Waals surface area contributed by atoms with E-state index in [1.165, 1.54) is 18.2 Å². The molecule has 0 aromatic heterocycles. The van der Waals surface area contributed by atoms with Crippen molar-refractivity contribution >= 4 is 38.9 Å². The number of halogens is 2. The van der Waals surface area contributed by atoms with Crippen molar-refractivity contribution in [2.75, 3.05) is 11.8 Å². The molecule has 0 amide bonds. The fourth-order valence-corrected chi connectivity index (χ4v) is 3.30. The average Bonchev–Trinajstić information content (AvgIpc) is 2.44. The Morgan fingerprint density at radius 3 is 2.43 bits per heavy atom. The van der Waals surface area contributed by atoms with Gasteiger partial charge in [0, 0.05) is 6.54 Å². The van der Waals surface area contributed by atoms with E-state index in [1.54, 1.807) is 19.2 Å². The first-order chi connectivity index (χ1) is 9.94. The summed E-state index contributed by atoms with van der Waals surface area (Å²) in [5, 5.41) is 3.50. The standard InChI is InChI=1S/C14H14Cl2N2O2S/c1-17-9-10-4-2-3-5-14(10)18-21(19,20)11-6-7-12(15)13(16)8-11/h2-8,17-18H,9H2,1H3. The molecule has 0 atom stereocenters. The monoisotopic (exact) mass is 344 g/mol. The summed E-state index contributed by atoms with van der Waals surface area (Å²) in [6.07, 6.45) is 0. The van der Waals surface area contributed by atoms with Crippen LogP contribution < -0.4 is 10.0 Å². The van der Waals surface area contributed by atoms with Gasteiger partial charge in [-0.05, 0) is 36.9 Å². The minimum absolute atomic E-state index is 0.0659. The molecule has 0 aliphatic carbocycles. The van der Waals surface area contributed by atoms with E-state index in [0.717, 1.165) is 5.56 Å². The van der Waals surface area contributed by atoms with Gasteiger partial charge in [0.2, 0.25) is 0 Å². The molecule has 2 aromatic rings. The topological polar surface area (TPSA) is 58.2 Å². The van der Waals surface area contributed by atoms with E-state index >= 15 is 0 Å². The van der Waals surface area contributed by atoms with Crippen LogP contribution in [0, 0.1) is 0 Å². The second kappa shape index (κ2) is 6.66. The van der Waals surface area contributed by atoms with Gasteiger partial charge in [0.1, 0.15) is 0 Å². The first-order valence-corrected chi connectivity index (χ1v) is 8.38. The molecule has 0 heterocycles. The Balaban J connectivity index is 2.35. The molecule has 2 rings (SSSR count). The number of sulfonamides is 1. The van der Waals surface area contributed by atoms with Crippen molar-refractivity contribution in [2.45, 2.75) is 11.4 Å². The highest BCUT2D eigenvalue weighted by atomic mass is 35.5. The number of hydrogen-bond donors (Lipinski definition) is 2. The highest BCUT2D eigenvalue weighted by Gasteiger charge is 2.17. The summed E-state index contributed by atoms with van der Waals surface area (Å²) in [5.41, 5.74) is 1.38. The van der Waals surface area contributed by atoms with Crippen molar-refractivity contribution in [3.05, 3.63) is 58.1 Å². The molecule has 4 nitrogen and oxygen atoms in total. The zero-order valence-electron chi connectivity index (χ0n) is 11.2. The fraction of sp³-hybridized carbons (Fsp3) is 0.143. The SMILES string of the molecule is CNCc1ccccc1NS(=O)(=O)c1ccc(Cl)c(Cl)c1. The lowest BCUT2D eigenvalue weighted by atomic mass is 10.2. The van der Waals surface area contributed by atoms with Crippen LogP contribution in [0.3, 0.4) is 0 Å². The van der Waals surface area contributed by atoms with Gasteiger partial charge >= 0.3 is 0 Å². The second-order valence-corrected chi connectivity index (χ2v) is 6.87. The van der Waals surface area contributed by atoms with Gasteiger partial charge < -0.3 is 5.32 Å². The third-order valence-corrected chi connectivity index (χ3v) is 4.93. The maximum atomic E-state index is 12.4. The Labute approximate surface area is 134 Å². The molecule has 21 heavy (non-hydrogen) atoms. The Morgan fingerprint density at radius 2 is 1.76 bits per heavy atom. The lowest BCUT2D eigenvalue weighted by Gasteiger charge is -2.12. The zero-order chi connectivity index (χ0) is 15.5. The van der Waals surface area contributed by atoms with Gasteiger partial charge in [-0.25, -0.2) is 8.42 Å². The summed E-state index contributed by atoms with van der Waals surface area (Å²) in [6, 6.07) is 11.4. The summed E-state index contributed by atoms with van der Waals surface area (Å²) in [5.74, 6) is 0. The number of nitrogens with one attached hydrogen (secondary N) is 2. The van der Waals surface area contributed by atoms with E-state index in [0.29, 0.717) is 17.3 Å². The maximum absolute atomic E-state index is 12.4. The lowest BCUT2D eigenvalue weighted by molar-refractivity contribution is 0.601. The Kier molecular flexibility index (Phi) is 5.11. The van der Waals surface area contributed by atoms with Crippen molar-refractivity contribution in [1.82, 2.24) is 5.32 Å². The zero-order valence-corrected chi connectivity index (χ0v) is 13.6. The Hall–Kier alpha value is -1.27. The first-order valence-electron chi connectivity index (χ1n) is 6.14. The summed E-state index contributed by atoms with van der Waals surface area (Å²) >= 11 is 11.7. The molecule has 2 aromatic carbocycles. The van der Waals surface area contributed by atoms with Crippen molar-refractivity contribution < 1.29 is 8.42 Å². The number of para-hydroxylation sites is 1. The molecule has 0 unspecified atom stereocenters. The number of rotatable bonds is 5. The quantitative estimate of drug-likeness (QED) is 0.872. The van der Waals surface area contributed by atoms with Crippen molar-refractivity contribution in [3.63, 3.8) is 0 Å². The summed E-state index contributed by atoms with van der Waals surface area (Å²) in [7, 11) is -1.92. The van der Waals surface area contributed by atoms with Crippen LogP contribution in [-0.2, 0) is 16.6 Å². The first kappa shape index (κ1) is 16.1. The molecule has 0 fully saturated rings. The minimum Gasteiger partial charge on any atom is -0.316 e. The highest BCUT2D eigenvalue weighted by molar-refractivity contribution is 7.92. The molecule has 7 heteroatoms. The van der Waals surface area contributed by atoms with E-state index < -0.39 is 10.0 Å². The predicted molar refractivity (Wildman–Crippen MR) is 86.5 cm³/mol. The van der Waals surface area contributed by atoms with Crippen LogP contribution in [0.1, 0.15) is 5.56 Å². The molecule has 0 aliphatic heterocycles. The van der Waals surface area contributed by atoms with Crippen LogP contribution in [0.2, 0.25) is 10.0 Å². The molecule has 0 aliphatic rings. The van der Waals surface area contributed by atoms with Crippen LogP contribution in [0.4, 0.5) is 5.69 Å². The van der Waals surface area contributed by atoms with Gasteiger partial charge in [-0.2, -0.15) is 0 Å². The second-order valence-electron chi connectivity index (χ2n) is 4.37. The summed E-state index contributed by atoms with van der Waals surface area (Å²) < 4.78 is 27.3. The van der Waals surface area contributed by atoms with Gasteiger partial charge in [-0.1, -0.05) is 41.4 Å². The Morgan fingerprint density at radius 1 is 1.05 bits per heavy atom. The van der Waals surface area contributed by atoms with Crippen LogP contribution in [-0.4, -0.2) is 15.5 Å². The third-order valence-electron chi connectivity index (χ3n) is 2.83. The number of hydrogen-bond acceptors (Lipinski definition) is 3. The average molecular weight is 345 g/mol. The van der Waals surface area contributed by atoms with Gasteiger partial charge in [0.05, 0.1) is 20.6 Å². The molecule has 2 N–H and O–H groups in total. The predicted octanol–water partition coefficient (Wildman–Crippen LogP) is 3.51. The normalized spacial score (nSPS) is 11.4. The molecule has 0 saturated heterocycles. The van der Waals surface area contributed by atoms with Crippen molar-refractivity contribution in [2.24, 2.45) is 0 Å². The van der Waals surface area contributed by atoms with E-state index in [1.807, 2.05) is 12.1 Å². The molecule has 0 bridgehead atoms. The van der Waals surface area contributed by atoms with E-state index in [-0.39, 0.29) is 9.92 Å². The molecule has 0 saturated carbocycles. The summed E-state index contributed by atoms with van der Waals surface area (Å²) in [6.45, 7) is 0.556. The van der Waals surface area contributed by atoms with Gasteiger partial charge in [-0.3, -0.25) is 4.72 Å². The van der Waals surface area contributed by atoms with Gasteiger partial charge in [0.25, 0.3) is 10.0 Å². The van der Waals surface area contributed by atoms with E-state index in [9.17, 15) is 8.42 Å². The van der Waals surface area contributed by atoms with Gasteiger partial charge in [0.15, 0.2) is 0 Å². The van der Waals surface area contributed by atoms with E-state index in [2.05, 4.69) is 10.0 Å². The maximum Gasteiger partial charge on any atom is 0.261 e. The van der Waals surface area contributed by atoms with Gasteiger partial charge in [-0.15, -0.1) is 0 Å². The molecular formula is C14H14Cl2N2O2S. The minimum atomic E-state index is -3.71. The Bertz CT molecular complexity index is 748. The van der Waals surface area contributed by atoms with Crippen LogP contribution in [0.5, 0.6) is 0 Å². The van der Waals surface area contributed by atoms with Crippen LogP contribution in [0.25, 0.3) is 0 Å². The largest absolute Gasteiger partial charge is 0.316 e. The van der Waals surface area contributed by atoms with E-state index in [4.69, 9.17) is 23.2 Å². The van der Waals surface area contributed by atoms with Crippen molar-refractivity contribution in [3.8, 4) is 0 Å². The lowest BCUT2D eigenvalue weighted by Crippen LogP contribution is -2.16. The molecular weight excluding hydrogens is 331 g/mol. The summed E-state index contributed by atoms with van der Waals surface area (Å²) in [4.78, 5) is 0.0659. The fourth-order valence-electron chi connectivity index (χ4n) is 1.81. The third kappa shape index (κ3) is 3.89. The van der Waals surface area contributed by atoms with Crippen LogP contribution in [0.15, 0.2) is 47.4 Å². The smallest absolute Gasteiger partial charge is 0.261 e. The number of anilines is 1. The molecule has 0 spiro atoms. The van der Waals surface area contributed by atoms with Crippen molar-refractivity contribution in [1.29, 1.82) is 0 Å². The highest BCUT2D eigenvalue weighted by Crippen LogP contribution is 2.26. The molecule has 0 radical (unpaired) electrons. The number of benzene rings is 2.